The van der Waals surface area contributed by atoms with Crippen LogP contribution in [0, 0.1) is 25.5 Å². The van der Waals surface area contributed by atoms with Crippen molar-refractivity contribution in [2.75, 3.05) is 13.1 Å². The first-order valence-electron chi connectivity index (χ1n) is 9.62. The topological polar surface area (TPSA) is 63.2 Å². The van der Waals surface area contributed by atoms with Gasteiger partial charge in [0.15, 0.2) is 5.01 Å². The number of aromatic nitrogens is 2. The van der Waals surface area contributed by atoms with Crippen LogP contribution < -0.4 is 0 Å². The zero-order valence-corrected chi connectivity index (χ0v) is 18.2. The maximum Gasteiger partial charge on any atom is 0.243 e. The van der Waals surface area contributed by atoms with Gasteiger partial charge in [-0.05, 0) is 50.5 Å². The molecule has 4 rings (SSSR count). The molecule has 1 fully saturated rings. The number of nitrogens with zero attached hydrogens (tertiary/aromatic N) is 3. The highest BCUT2D eigenvalue weighted by molar-refractivity contribution is 7.89. The Morgan fingerprint density at radius 1 is 1.03 bits per heavy atom. The van der Waals surface area contributed by atoms with E-state index in [9.17, 15) is 17.2 Å². The van der Waals surface area contributed by atoms with Crippen LogP contribution in [0.2, 0.25) is 0 Å². The molecule has 1 saturated heterocycles. The Morgan fingerprint density at radius 3 is 2.43 bits per heavy atom. The largest absolute Gasteiger partial charge is 0.243 e. The minimum Gasteiger partial charge on any atom is -0.207 e. The van der Waals surface area contributed by atoms with Gasteiger partial charge in [-0.3, -0.25) is 0 Å². The molecule has 1 aliphatic rings. The van der Waals surface area contributed by atoms with Crippen molar-refractivity contribution in [3.05, 3.63) is 64.2 Å². The molecule has 0 spiro atoms. The first-order chi connectivity index (χ1) is 14.3. The van der Waals surface area contributed by atoms with Gasteiger partial charge in [0, 0.05) is 30.6 Å². The third-order valence-electron chi connectivity index (χ3n) is 5.35. The maximum absolute atomic E-state index is 14.0. The molecule has 158 valence electrons. The van der Waals surface area contributed by atoms with Gasteiger partial charge in [-0.1, -0.05) is 29.0 Å². The molecular weight excluding hydrogens is 428 g/mol. The van der Waals surface area contributed by atoms with E-state index in [0.29, 0.717) is 35.8 Å². The third-order valence-corrected chi connectivity index (χ3v) is 8.53. The number of halogens is 2. The van der Waals surface area contributed by atoms with E-state index in [-0.39, 0.29) is 11.5 Å². The van der Waals surface area contributed by atoms with E-state index >= 15 is 0 Å². The molecule has 1 aliphatic heterocycles. The number of aryl methyl sites for hydroxylation is 2. The normalized spacial score (nSPS) is 16.1. The molecule has 0 aliphatic carbocycles. The summed E-state index contributed by atoms with van der Waals surface area (Å²) in [6.07, 6.45) is 1.23. The Bertz CT molecular complexity index is 1190. The van der Waals surface area contributed by atoms with Gasteiger partial charge in [-0.25, -0.2) is 17.2 Å². The lowest BCUT2D eigenvalue weighted by Gasteiger charge is -2.30. The lowest BCUT2D eigenvalue weighted by Crippen LogP contribution is -2.38. The van der Waals surface area contributed by atoms with Crippen LogP contribution in [0.15, 0.2) is 41.3 Å². The zero-order chi connectivity index (χ0) is 21.5. The number of sulfonamides is 1. The van der Waals surface area contributed by atoms with Crippen molar-refractivity contribution in [2.45, 2.75) is 37.5 Å². The molecule has 0 unspecified atom stereocenters. The monoisotopic (exact) mass is 449 g/mol. The van der Waals surface area contributed by atoms with Crippen LogP contribution in [0.4, 0.5) is 8.78 Å². The lowest BCUT2D eigenvalue weighted by atomic mass is 9.99. The highest BCUT2D eigenvalue weighted by atomic mass is 32.2. The van der Waals surface area contributed by atoms with Gasteiger partial charge in [0.05, 0.1) is 4.90 Å². The van der Waals surface area contributed by atoms with E-state index in [1.165, 1.54) is 27.8 Å². The van der Waals surface area contributed by atoms with E-state index in [1.54, 1.807) is 6.07 Å². The van der Waals surface area contributed by atoms with Crippen LogP contribution in [0.3, 0.4) is 0 Å². The van der Waals surface area contributed by atoms with Gasteiger partial charge in [-0.2, -0.15) is 4.31 Å². The maximum atomic E-state index is 14.0. The smallest absolute Gasteiger partial charge is 0.207 e. The summed E-state index contributed by atoms with van der Waals surface area (Å²) >= 11 is 1.27. The highest BCUT2D eigenvalue weighted by Crippen LogP contribution is 2.36. The minimum absolute atomic E-state index is 0.0605. The standard InChI is InChI=1S/C21H21F2N3O2S2/c1-13-3-6-19(14(2)11-13)30(27,28)26-9-7-15(8-10-26)20-24-25-21(29-20)17-5-4-16(22)12-18(17)23/h3-6,11-12,15H,7-10H2,1-2H3. The number of hydrogen-bond acceptors (Lipinski definition) is 5. The van der Waals surface area contributed by atoms with Gasteiger partial charge in [-0.15, -0.1) is 10.2 Å². The second-order valence-corrected chi connectivity index (χ2v) is 10.4. The molecular formula is C21H21F2N3O2S2. The fourth-order valence-electron chi connectivity index (χ4n) is 3.74. The molecule has 0 atom stereocenters. The Hall–Kier alpha value is -2.23. The molecule has 3 aromatic rings. The molecule has 0 bridgehead atoms. The van der Waals surface area contributed by atoms with Crippen LogP contribution in [0.25, 0.3) is 10.6 Å². The number of piperidine rings is 1. The van der Waals surface area contributed by atoms with Gasteiger partial charge in [0.2, 0.25) is 10.0 Å². The van der Waals surface area contributed by atoms with E-state index in [1.807, 2.05) is 26.0 Å². The fourth-order valence-corrected chi connectivity index (χ4v) is 6.46. The van der Waals surface area contributed by atoms with Crippen LogP contribution >= 0.6 is 11.3 Å². The highest BCUT2D eigenvalue weighted by Gasteiger charge is 2.32. The van der Waals surface area contributed by atoms with Crippen molar-refractivity contribution < 1.29 is 17.2 Å². The molecule has 2 aromatic carbocycles. The van der Waals surface area contributed by atoms with Crippen LogP contribution in [-0.2, 0) is 10.0 Å². The predicted octanol–water partition coefficient (Wildman–Crippen LogP) is 4.67. The number of benzene rings is 2. The summed E-state index contributed by atoms with van der Waals surface area (Å²) in [7, 11) is -3.55. The summed E-state index contributed by atoms with van der Waals surface area (Å²) in [6.45, 7) is 4.52. The molecule has 0 N–H and O–H groups in total. The van der Waals surface area contributed by atoms with Crippen LogP contribution in [0.5, 0.6) is 0 Å². The molecule has 5 nitrogen and oxygen atoms in total. The Labute approximate surface area is 178 Å². The zero-order valence-electron chi connectivity index (χ0n) is 16.6. The summed E-state index contributed by atoms with van der Waals surface area (Å²) in [5.74, 6) is -1.25. The Kier molecular flexibility index (Phi) is 5.69. The lowest BCUT2D eigenvalue weighted by molar-refractivity contribution is 0.318. The van der Waals surface area contributed by atoms with Crippen molar-refractivity contribution in [2.24, 2.45) is 0 Å². The summed E-state index contributed by atoms with van der Waals surface area (Å²) in [4.78, 5) is 0.344. The number of rotatable bonds is 4. The predicted molar refractivity (Wildman–Crippen MR) is 112 cm³/mol. The minimum atomic E-state index is -3.55. The van der Waals surface area contributed by atoms with E-state index in [2.05, 4.69) is 10.2 Å². The van der Waals surface area contributed by atoms with Crippen LogP contribution in [0.1, 0.15) is 34.9 Å². The second-order valence-electron chi connectivity index (χ2n) is 7.52. The van der Waals surface area contributed by atoms with E-state index < -0.39 is 21.7 Å². The Morgan fingerprint density at radius 2 is 1.77 bits per heavy atom. The number of hydrogen-bond donors (Lipinski definition) is 0. The molecule has 2 heterocycles. The summed E-state index contributed by atoms with van der Waals surface area (Å²) < 4.78 is 54.8. The average Bonchev–Trinajstić information content (AvgIpc) is 3.17. The van der Waals surface area contributed by atoms with Gasteiger partial charge in [0.25, 0.3) is 0 Å². The third kappa shape index (κ3) is 4.01. The molecule has 1 aromatic heterocycles. The molecule has 0 radical (unpaired) electrons. The molecule has 0 amide bonds. The second kappa shape index (κ2) is 8.13. The first-order valence-corrected chi connectivity index (χ1v) is 11.9. The summed E-state index contributed by atoms with van der Waals surface area (Å²) in [5.41, 5.74) is 1.98. The summed E-state index contributed by atoms with van der Waals surface area (Å²) in [5, 5.41) is 9.39. The molecule has 0 saturated carbocycles. The SMILES string of the molecule is Cc1ccc(S(=O)(=O)N2CCC(c3nnc(-c4ccc(F)cc4F)s3)CC2)c(C)c1. The van der Waals surface area contributed by atoms with Crippen molar-refractivity contribution in [3.63, 3.8) is 0 Å². The van der Waals surface area contributed by atoms with Crippen molar-refractivity contribution in [1.82, 2.24) is 14.5 Å². The first kappa shape index (κ1) is 21.0. The Balaban J connectivity index is 1.48. The van der Waals surface area contributed by atoms with Gasteiger partial charge >= 0.3 is 0 Å². The van der Waals surface area contributed by atoms with E-state index in [0.717, 1.165) is 22.2 Å². The fraction of sp³-hybridized carbons (Fsp3) is 0.333. The van der Waals surface area contributed by atoms with E-state index in [4.69, 9.17) is 0 Å². The quantitative estimate of drug-likeness (QED) is 0.581. The van der Waals surface area contributed by atoms with Gasteiger partial charge < -0.3 is 0 Å². The van der Waals surface area contributed by atoms with Crippen molar-refractivity contribution >= 4 is 21.4 Å². The van der Waals surface area contributed by atoms with Crippen molar-refractivity contribution in [1.29, 1.82) is 0 Å². The molecule has 9 heteroatoms. The van der Waals surface area contributed by atoms with Gasteiger partial charge in [0.1, 0.15) is 16.6 Å². The summed E-state index contributed by atoms with van der Waals surface area (Å²) in [6, 6.07) is 8.72. The van der Waals surface area contributed by atoms with Crippen molar-refractivity contribution in [3.8, 4) is 10.6 Å². The molecule has 30 heavy (non-hydrogen) atoms. The van der Waals surface area contributed by atoms with Crippen LogP contribution in [-0.4, -0.2) is 36.0 Å². The average molecular weight is 450 g/mol.